The van der Waals surface area contributed by atoms with Gasteiger partial charge in [-0.3, -0.25) is 9.59 Å². The monoisotopic (exact) mass is 268 g/mol. The highest BCUT2D eigenvalue weighted by Gasteiger charge is 2.26. The van der Waals surface area contributed by atoms with Crippen molar-refractivity contribution in [3.63, 3.8) is 0 Å². The van der Waals surface area contributed by atoms with Crippen molar-refractivity contribution < 1.29 is 9.59 Å². The van der Waals surface area contributed by atoms with E-state index < -0.39 is 0 Å². The zero-order valence-corrected chi connectivity index (χ0v) is 12.6. The first-order valence-electron chi connectivity index (χ1n) is 7.60. The summed E-state index contributed by atoms with van der Waals surface area (Å²) in [4.78, 5) is 25.7. The largest absolute Gasteiger partial charge is 0.356 e. The van der Waals surface area contributed by atoms with Gasteiger partial charge in [-0.15, -0.1) is 0 Å². The predicted octanol–water partition coefficient (Wildman–Crippen LogP) is 2.19. The van der Waals surface area contributed by atoms with E-state index in [4.69, 9.17) is 0 Å². The van der Waals surface area contributed by atoms with Crippen LogP contribution in [0.5, 0.6) is 0 Å². The number of nitrogens with zero attached hydrogens (tertiary/aromatic N) is 1. The lowest BCUT2D eigenvalue weighted by atomic mass is 9.95. The molecule has 0 unspecified atom stereocenters. The first-order valence-corrected chi connectivity index (χ1v) is 7.60. The third-order valence-corrected chi connectivity index (χ3v) is 3.70. The summed E-state index contributed by atoms with van der Waals surface area (Å²) in [5.74, 6) is 1.08. The van der Waals surface area contributed by atoms with E-state index in [-0.39, 0.29) is 17.7 Å². The maximum atomic E-state index is 12.0. The van der Waals surface area contributed by atoms with E-state index in [1.165, 1.54) is 0 Å². The number of carbonyl (C=O) groups is 2. The second-order valence-corrected chi connectivity index (χ2v) is 5.88. The third kappa shape index (κ3) is 5.62. The number of amides is 2. The summed E-state index contributed by atoms with van der Waals surface area (Å²) in [6.07, 6.45) is 4.18. The van der Waals surface area contributed by atoms with Crippen LogP contribution >= 0.6 is 0 Å². The smallest absolute Gasteiger partial charge is 0.223 e. The summed E-state index contributed by atoms with van der Waals surface area (Å²) >= 11 is 0. The second-order valence-electron chi connectivity index (χ2n) is 5.88. The number of likely N-dealkylation sites (tertiary alicyclic amines) is 1. The van der Waals surface area contributed by atoms with Gasteiger partial charge in [-0.25, -0.2) is 0 Å². The molecule has 1 saturated heterocycles. The van der Waals surface area contributed by atoms with Crippen molar-refractivity contribution in [1.82, 2.24) is 10.2 Å². The van der Waals surface area contributed by atoms with E-state index in [1.807, 2.05) is 4.90 Å². The van der Waals surface area contributed by atoms with E-state index in [2.05, 4.69) is 26.1 Å². The van der Waals surface area contributed by atoms with E-state index in [9.17, 15) is 9.59 Å². The molecule has 19 heavy (non-hydrogen) atoms. The summed E-state index contributed by atoms with van der Waals surface area (Å²) in [7, 11) is 0. The fraction of sp³-hybridized carbons (Fsp3) is 0.867. The number of rotatable bonds is 6. The molecule has 1 N–H and O–H groups in total. The molecule has 1 heterocycles. The quantitative estimate of drug-likeness (QED) is 0.802. The Morgan fingerprint density at radius 2 is 1.89 bits per heavy atom. The van der Waals surface area contributed by atoms with E-state index in [0.29, 0.717) is 12.3 Å². The Morgan fingerprint density at radius 3 is 2.42 bits per heavy atom. The molecule has 0 aromatic rings. The fourth-order valence-electron chi connectivity index (χ4n) is 2.35. The molecule has 2 amide bonds. The summed E-state index contributed by atoms with van der Waals surface area (Å²) in [5, 5.41) is 2.94. The van der Waals surface area contributed by atoms with Crippen molar-refractivity contribution in [2.75, 3.05) is 19.6 Å². The maximum absolute atomic E-state index is 12.0. The van der Waals surface area contributed by atoms with Crippen molar-refractivity contribution in [2.45, 2.75) is 52.9 Å². The standard InChI is InChI=1S/C15H28N2O2/c1-4-9-16-15(19)13-7-10-17(11-8-13)14(18)6-5-12(2)3/h12-13H,4-11H2,1-3H3,(H,16,19). The average Bonchev–Trinajstić information content (AvgIpc) is 2.42. The molecule has 0 aromatic heterocycles. The summed E-state index contributed by atoms with van der Waals surface area (Å²) < 4.78 is 0. The maximum Gasteiger partial charge on any atom is 0.223 e. The Balaban J connectivity index is 2.28. The van der Waals surface area contributed by atoms with Crippen molar-refractivity contribution in [1.29, 1.82) is 0 Å². The lowest BCUT2D eigenvalue weighted by molar-refractivity contribution is -0.135. The molecule has 1 aliphatic rings. The Hall–Kier alpha value is -1.06. The summed E-state index contributed by atoms with van der Waals surface area (Å²) in [6, 6.07) is 0. The van der Waals surface area contributed by atoms with Crippen LogP contribution in [0.1, 0.15) is 52.9 Å². The van der Waals surface area contributed by atoms with Gasteiger partial charge in [-0.2, -0.15) is 0 Å². The number of nitrogens with one attached hydrogen (secondary N) is 1. The van der Waals surface area contributed by atoms with Gasteiger partial charge in [-0.05, 0) is 31.6 Å². The molecule has 0 radical (unpaired) electrons. The van der Waals surface area contributed by atoms with E-state index in [1.54, 1.807) is 0 Å². The first kappa shape index (κ1) is 16.0. The zero-order valence-electron chi connectivity index (χ0n) is 12.6. The van der Waals surface area contributed by atoms with Crippen molar-refractivity contribution >= 4 is 11.8 Å². The van der Waals surface area contributed by atoms with Crippen LogP contribution < -0.4 is 5.32 Å². The lowest BCUT2D eigenvalue weighted by Gasteiger charge is -2.31. The molecule has 0 spiro atoms. The summed E-state index contributed by atoms with van der Waals surface area (Å²) in [5.41, 5.74) is 0. The molecule has 4 heteroatoms. The minimum absolute atomic E-state index is 0.0979. The molecule has 4 nitrogen and oxygen atoms in total. The number of hydrogen-bond acceptors (Lipinski definition) is 2. The van der Waals surface area contributed by atoms with Gasteiger partial charge in [0.25, 0.3) is 0 Å². The molecule has 0 saturated carbocycles. The average molecular weight is 268 g/mol. The molecule has 1 rings (SSSR count). The lowest BCUT2D eigenvalue weighted by Crippen LogP contribution is -2.43. The SMILES string of the molecule is CCCNC(=O)C1CCN(C(=O)CCC(C)C)CC1. The zero-order chi connectivity index (χ0) is 14.3. The van der Waals surface area contributed by atoms with Crippen molar-refractivity contribution in [2.24, 2.45) is 11.8 Å². The highest BCUT2D eigenvalue weighted by atomic mass is 16.2. The van der Waals surface area contributed by atoms with Crippen LogP contribution in [0.4, 0.5) is 0 Å². The highest BCUT2D eigenvalue weighted by Crippen LogP contribution is 2.19. The van der Waals surface area contributed by atoms with Crippen molar-refractivity contribution in [3.8, 4) is 0 Å². The molecule has 1 aliphatic heterocycles. The van der Waals surface area contributed by atoms with Gasteiger partial charge in [0.05, 0.1) is 0 Å². The van der Waals surface area contributed by atoms with Gasteiger partial charge >= 0.3 is 0 Å². The molecule has 0 aliphatic carbocycles. The molecule has 0 bridgehead atoms. The van der Waals surface area contributed by atoms with Crippen molar-refractivity contribution in [3.05, 3.63) is 0 Å². The van der Waals surface area contributed by atoms with Gasteiger partial charge in [0.15, 0.2) is 0 Å². The number of carbonyl (C=O) groups excluding carboxylic acids is 2. The Kier molecular flexibility index (Phi) is 6.89. The molecule has 110 valence electrons. The highest BCUT2D eigenvalue weighted by molar-refractivity contribution is 5.80. The Morgan fingerprint density at radius 1 is 1.26 bits per heavy atom. The van der Waals surface area contributed by atoms with E-state index in [0.717, 1.165) is 45.3 Å². The normalized spacial score (nSPS) is 16.7. The fourth-order valence-corrected chi connectivity index (χ4v) is 2.35. The van der Waals surface area contributed by atoms with Gasteiger partial charge < -0.3 is 10.2 Å². The Labute approximate surface area is 116 Å². The molecular formula is C15H28N2O2. The predicted molar refractivity (Wildman–Crippen MR) is 76.7 cm³/mol. The number of hydrogen-bond donors (Lipinski definition) is 1. The van der Waals surface area contributed by atoms with Crippen LogP contribution in [-0.4, -0.2) is 36.3 Å². The topological polar surface area (TPSA) is 49.4 Å². The minimum atomic E-state index is 0.0979. The van der Waals surface area contributed by atoms with Crippen LogP contribution in [-0.2, 0) is 9.59 Å². The van der Waals surface area contributed by atoms with Crippen LogP contribution in [0.15, 0.2) is 0 Å². The minimum Gasteiger partial charge on any atom is -0.356 e. The first-order chi connectivity index (χ1) is 9.04. The molecule has 1 fully saturated rings. The van der Waals surface area contributed by atoms with E-state index >= 15 is 0 Å². The van der Waals surface area contributed by atoms with Crippen LogP contribution in [0.3, 0.4) is 0 Å². The van der Waals surface area contributed by atoms with Gasteiger partial charge in [0.1, 0.15) is 0 Å². The summed E-state index contributed by atoms with van der Waals surface area (Å²) in [6.45, 7) is 8.56. The van der Waals surface area contributed by atoms with Gasteiger partial charge in [0, 0.05) is 32.0 Å². The second kappa shape index (κ2) is 8.18. The number of piperidine rings is 1. The Bertz CT molecular complexity index is 295. The van der Waals surface area contributed by atoms with Crippen LogP contribution in [0.25, 0.3) is 0 Å². The molecule has 0 atom stereocenters. The molecule has 0 aromatic carbocycles. The van der Waals surface area contributed by atoms with Gasteiger partial charge in [-0.1, -0.05) is 20.8 Å². The molecular weight excluding hydrogens is 240 g/mol. The third-order valence-electron chi connectivity index (χ3n) is 3.70. The van der Waals surface area contributed by atoms with Crippen LogP contribution in [0, 0.1) is 11.8 Å². The van der Waals surface area contributed by atoms with Gasteiger partial charge in [0.2, 0.25) is 11.8 Å². The van der Waals surface area contributed by atoms with Crippen LogP contribution in [0.2, 0.25) is 0 Å².